The normalized spacial score (nSPS) is 10.5. The van der Waals surface area contributed by atoms with Crippen molar-refractivity contribution in [3.8, 4) is 17.1 Å². The van der Waals surface area contributed by atoms with E-state index in [0.717, 1.165) is 16.9 Å². The van der Waals surface area contributed by atoms with Gasteiger partial charge in [0, 0.05) is 17.1 Å². The van der Waals surface area contributed by atoms with Crippen LogP contribution in [0.5, 0.6) is 5.75 Å². The summed E-state index contributed by atoms with van der Waals surface area (Å²) in [4.78, 5) is 4.31. The fourth-order valence-corrected chi connectivity index (χ4v) is 2.19. The summed E-state index contributed by atoms with van der Waals surface area (Å²) in [5, 5.41) is 7.72. The Hall–Kier alpha value is -2.53. The van der Waals surface area contributed by atoms with Crippen molar-refractivity contribution in [3.05, 3.63) is 59.1 Å². The molecule has 3 rings (SSSR count). The first-order valence-corrected chi connectivity index (χ1v) is 7.09. The number of methoxy groups -OCH3 is 1. The quantitative estimate of drug-likeness (QED) is 0.770. The Labute approximate surface area is 132 Å². The number of benzene rings is 2. The topological polar surface area (TPSA) is 60.2 Å². The van der Waals surface area contributed by atoms with Gasteiger partial charge in [-0.2, -0.15) is 4.98 Å². The third kappa shape index (κ3) is 3.20. The Bertz CT molecular complexity index is 773. The highest BCUT2D eigenvalue weighted by Crippen LogP contribution is 2.23. The number of aromatic nitrogens is 2. The van der Waals surface area contributed by atoms with E-state index in [1.807, 2.05) is 48.5 Å². The molecular weight excluding hydrogens is 302 g/mol. The van der Waals surface area contributed by atoms with Gasteiger partial charge in [0.2, 0.25) is 5.82 Å². The molecule has 0 saturated heterocycles. The lowest BCUT2D eigenvalue weighted by Crippen LogP contribution is -2.00. The largest absolute Gasteiger partial charge is 0.497 e. The molecule has 1 heterocycles. The fraction of sp³-hybridized carbons (Fsp3) is 0.125. The van der Waals surface area contributed by atoms with Crippen molar-refractivity contribution in [3.63, 3.8) is 0 Å². The number of nitrogens with zero attached hydrogens (tertiary/aromatic N) is 2. The lowest BCUT2D eigenvalue weighted by Gasteiger charge is -2.03. The fourth-order valence-electron chi connectivity index (χ4n) is 1.99. The van der Waals surface area contributed by atoms with Crippen molar-refractivity contribution in [2.24, 2.45) is 0 Å². The number of nitrogens with one attached hydrogen (secondary N) is 1. The van der Waals surface area contributed by atoms with Crippen LogP contribution in [0.25, 0.3) is 11.4 Å². The van der Waals surface area contributed by atoms with Crippen LogP contribution in [0.3, 0.4) is 0 Å². The van der Waals surface area contributed by atoms with Crippen molar-refractivity contribution in [1.82, 2.24) is 10.1 Å². The van der Waals surface area contributed by atoms with Crippen LogP contribution < -0.4 is 10.1 Å². The lowest BCUT2D eigenvalue weighted by molar-refractivity contribution is 0.414. The predicted molar refractivity (Wildman–Crippen MR) is 85.1 cm³/mol. The van der Waals surface area contributed by atoms with Crippen LogP contribution in [0, 0.1) is 0 Å². The zero-order valence-corrected chi connectivity index (χ0v) is 12.7. The molecule has 6 heteroatoms. The Morgan fingerprint density at radius 1 is 1.18 bits per heavy atom. The molecule has 0 aliphatic heterocycles. The van der Waals surface area contributed by atoms with E-state index in [1.165, 1.54) is 0 Å². The van der Waals surface area contributed by atoms with Crippen molar-refractivity contribution < 1.29 is 9.26 Å². The second kappa shape index (κ2) is 6.49. The first-order chi connectivity index (χ1) is 10.8. The second-order valence-corrected chi connectivity index (χ2v) is 5.01. The first-order valence-electron chi connectivity index (χ1n) is 6.71. The van der Waals surface area contributed by atoms with E-state index in [4.69, 9.17) is 20.9 Å². The van der Waals surface area contributed by atoms with Gasteiger partial charge >= 0.3 is 6.01 Å². The highest BCUT2D eigenvalue weighted by atomic mass is 35.5. The van der Waals surface area contributed by atoms with Gasteiger partial charge in [-0.15, -0.1) is 0 Å². The van der Waals surface area contributed by atoms with E-state index < -0.39 is 0 Å². The van der Waals surface area contributed by atoms with Gasteiger partial charge in [-0.25, -0.2) is 0 Å². The maximum Gasteiger partial charge on any atom is 0.322 e. The van der Waals surface area contributed by atoms with Crippen LogP contribution in [0.15, 0.2) is 53.1 Å². The average molecular weight is 316 g/mol. The third-order valence-electron chi connectivity index (χ3n) is 3.14. The Morgan fingerprint density at radius 2 is 2.05 bits per heavy atom. The van der Waals surface area contributed by atoms with Crippen LogP contribution in [0.4, 0.5) is 6.01 Å². The summed E-state index contributed by atoms with van der Waals surface area (Å²) in [5.74, 6) is 1.24. The van der Waals surface area contributed by atoms with Crippen LogP contribution >= 0.6 is 11.6 Å². The molecule has 22 heavy (non-hydrogen) atoms. The number of rotatable bonds is 5. The van der Waals surface area contributed by atoms with Crippen molar-refractivity contribution in [2.45, 2.75) is 6.54 Å². The molecular formula is C16H14ClN3O2. The molecule has 1 aromatic heterocycles. The summed E-state index contributed by atoms with van der Waals surface area (Å²) < 4.78 is 10.4. The maximum absolute atomic E-state index is 6.10. The van der Waals surface area contributed by atoms with Crippen LogP contribution in [-0.4, -0.2) is 17.3 Å². The van der Waals surface area contributed by atoms with Crippen LogP contribution in [0.1, 0.15) is 5.56 Å². The Balaban J connectivity index is 1.72. The summed E-state index contributed by atoms with van der Waals surface area (Å²) >= 11 is 6.10. The second-order valence-electron chi connectivity index (χ2n) is 4.60. The van der Waals surface area contributed by atoms with Crippen molar-refractivity contribution >= 4 is 17.6 Å². The minimum atomic E-state index is 0.345. The lowest BCUT2D eigenvalue weighted by atomic mass is 10.2. The number of anilines is 1. The average Bonchev–Trinajstić information content (AvgIpc) is 3.03. The zero-order valence-electron chi connectivity index (χ0n) is 11.9. The predicted octanol–water partition coefficient (Wildman–Crippen LogP) is 4.01. The summed E-state index contributed by atoms with van der Waals surface area (Å²) in [5.41, 5.74) is 1.79. The SMILES string of the molecule is COc1cccc(-c2noc(NCc3ccccc3Cl)n2)c1. The molecule has 0 radical (unpaired) electrons. The molecule has 0 aliphatic rings. The highest BCUT2D eigenvalue weighted by molar-refractivity contribution is 6.31. The molecule has 0 amide bonds. The van der Waals surface area contributed by atoms with Crippen molar-refractivity contribution in [1.29, 1.82) is 0 Å². The molecule has 0 unspecified atom stereocenters. The molecule has 0 atom stereocenters. The van der Waals surface area contributed by atoms with E-state index in [2.05, 4.69) is 15.5 Å². The molecule has 5 nitrogen and oxygen atoms in total. The molecule has 0 saturated carbocycles. The van der Waals surface area contributed by atoms with Gasteiger partial charge in [-0.3, -0.25) is 0 Å². The standard InChI is InChI=1S/C16H14ClN3O2/c1-21-13-7-4-6-11(9-13)15-19-16(22-20-15)18-10-12-5-2-3-8-14(12)17/h2-9H,10H2,1H3,(H,18,19,20). The van der Waals surface area contributed by atoms with Crippen LogP contribution in [-0.2, 0) is 6.54 Å². The Morgan fingerprint density at radius 3 is 2.86 bits per heavy atom. The molecule has 3 aromatic rings. The van der Waals surface area contributed by atoms with E-state index in [1.54, 1.807) is 7.11 Å². The highest BCUT2D eigenvalue weighted by Gasteiger charge is 2.09. The molecule has 112 valence electrons. The summed E-state index contributed by atoms with van der Waals surface area (Å²) in [6.45, 7) is 0.513. The third-order valence-corrected chi connectivity index (χ3v) is 3.51. The molecule has 1 N–H and O–H groups in total. The van der Waals surface area contributed by atoms with E-state index in [0.29, 0.717) is 23.4 Å². The van der Waals surface area contributed by atoms with Crippen LogP contribution in [0.2, 0.25) is 5.02 Å². The molecule has 0 bridgehead atoms. The van der Waals surface area contributed by atoms with Gasteiger partial charge < -0.3 is 14.6 Å². The molecule has 0 spiro atoms. The van der Waals surface area contributed by atoms with Gasteiger partial charge in [-0.05, 0) is 23.8 Å². The number of hydrogen-bond donors (Lipinski definition) is 1. The van der Waals surface area contributed by atoms with Gasteiger partial charge in [-0.1, -0.05) is 47.1 Å². The van der Waals surface area contributed by atoms with E-state index >= 15 is 0 Å². The van der Waals surface area contributed by atoms with E-state index in [-0.39, 0.29) is 0 Å². The minimum Gasteiger partial charge on any atom is -0.497 e. The summed E-state index contributed by atoms with van der Waals surface area (Å²) in [7, 11) is 1.62. The smallest absolute Gasteiger partial charge is 0.322 e. The summed E-state index contributed by atoms with van der Waals surface area (Å²) in [6.07, 6.45) is 0. The minimum absolute atomic E-state index is 0.345. The zero-order chi connectivity index (χ0) is 15.4. The maximum atomic E-state index is 6.10. The first kappa shape index (κ1) is 14.4. The monoisotopic (exact) mass is 315 g/mol. The van der Waals surface area contributed by atoms with E-state index in [9.17, 15) is 0 Å². The van der Waals surface area contributed by atoms with Gasteiger partial charge in [0.15, 0.2) is 0 Å². The summed E-state index contributed by atoms with van der Waals surface area (Å²) in [6, 6.07) is 15.4. The number of halogens is 1. The van der Waals surface area contributed by atoms with Gasteiger partial charge in [0.25, 0.3) is 0 Å². The Kier molecular flexibility index (Phi) is 4.25. The molecule has 2 aromatic carbocycles. The van der Waals surface area contributed by atoms with Gasteiger partial charge in [0.1, 0.15) is 5.75 Å². The number of ether oxygens (including phenoxy) is 1. The van der Waals surface area contributed by atoms with Crippen molar-refractivity contribution in [2.75, 3.05) is 12.4 Å². The molecule has 0 fully saturated rings. The number of hydrogen-bond acceptors (Lipinski definition) is 5. The van der Waals surface area contributed by atoms with Gasteiger partial charge in [0.05, 0.1) is 7.11 Å². The molecule has 0 aliphatic carbocycles.